The number of nitro benzene ring substituents is 1. The van der Waals surface area contributed by atoms with Gasteiger partial charge in [0, 0.05) is 6.07 Å². The molecule has 19 heavy (non-hydrogen) atoms. The Labute approximate surface area is 106 Å². The highest BCUT2D eigenvalue weighted by atomic mass is 19.1. The number of halogens is 1. The maximum atomic E-state index is 13.6. The van der Waals surface area contributed by atoms with E-state index in [-0.39, 0.29) is 11.4 Å². The summed E-state index contributed by atoms with van der Waals surface area (Å²) in [5.74, 6) is -1.83. The summed E-state index contributed by atoms with van der Waals surface area (Å²) >= 11 is 0. The highest BCUT2D eigenvalue weighted by molar-refractivity contribution is 5.50. The van der Waals surface area contributed by atoms with Crippen molar-refractivity contribution in [1.82, 2.24) is 10.2 Å². The van der Waals surface area contributed by atoms with Gasteiger partial charge in [-0.2, -0.15) is 10.4 Å². The van der Waals surface area contributed by atoms with Gasteiger partial charge in [0.05, 0.1) is 11.1 Å². The summed E-state index contributed by atoms with van der Waals surface area (Å²) in [7, 11) is 0. The maximum absolute atomic E-state index is 13.6. The lowest BCUT2D eigenvalue weighted by molar-refractivity contribution is -0.385. The highest BCUT2D eigenvalue weighted by Crippen LogP contribution is 2.33. The summed E-state index contributed by atoms with van der Waals surface area (Å²) in [6.45, 7) is 0. The molecule has 0 aliphatic heterocycles. The molecule has 1 aromatic carbocycles. The second kappa shape index (κ2) is 5.05. The standard InChI is InChI=1S/C11H5FN4O3/c12-8-2-1-3-9(16(17)18)10(8)19-11-7(6-13)4-5-14-15-11/h1-5H. The molecule has 7 nitrogen and oxygen atoms in total. The summed E-state index contributed by atoms with van der Waals surface area (Å²) < 4.78 is 18.6. The van der Waals surface area contributed by atoms with Crippen molar-refractivity contribution in [3.05, 3.63) is 52.0 Å². The first-order valence-corrected chi connectivity index (χ1v) is 4.96. The summed E-state index contributed by atoms with van der Waals surface area (Å²) in [6, 6.07) is 6.34. The van der Waals surface area contributed by atoms with Crippen LogP contribution in [0.3, 0.4) is 0 Å². The molecule has 2 rings (SSSR count). The number of ether oxygens (including phenoxy) is 1. The lowest BCUT2D eigenvalue weighted by atomic mass is 10.3. The summed E-state index contributed by atoms with van der Waals surface area (Å²) in [5.41, 5.74) is -0.568. The molecule has 1 aromatic heterocycles. The van der Waals surface area contributed by atoms with Crippen LogP contribution < -0.4 is 4.74 Å². The normalized spacial score (nSPS) is 9.68. The van der Waals surface area contributed by atoms with Crippen LogP contribution in [0.15, 0.2) is 30.5 Å². The highest BCUT2D eigenvalue weighted by Gasteiger charge is 2.21. The van der Waals surface area contributed by atoms with Crippen LogP contribution in [0, 0.1) is 27.3 Å². The molecule has 1 heterocycles. The average Bonchev–Trinajstić information content (AvgIpc) is 2.41. The molecule has 0 fully saturated rings. The minimum atomic E-state index is -0.927. The van der Waals surface area contributed by atoms with Gasteiger partial charge in [-0.15, -0.1) is 5.10 Å². The van der Waals surface area contributed by atoms with Crippen molar-refractivity contribution in [3.63, 3.8) is 0 Å². The van der Waals surface area contributed by atoms with Gasteiger partial charge in [-0.25, -0.2) is 4.39 Å². The van der Waals surface area contributed by atoms with Crippen LogP contribution >= 0.6 is 0 Å². The number of hydrogen-bond donors (Lipinski definition) is 0. The predicted octanol–water partition coefficient (Wildman–Crippen LogP) is 2.19. The van der Waals surface area contributed by atoms with Gasteiger partial charge in [-0.3, -0.25) is 10.1 Å². The zero-order valence-electron chi connectivity index (χ0n) is 9.28. The van der Waals surface area contributed by atoms with E-state index < -0.39 is 22.2 Å². The van der Waals surface area contributed by atoms with Crippen molar-refractivity contribution >= 4 is 5.69 Å². The third kappa shape index (κ3) is 2.44. The zero-order valence-corrected chi connectivity index (χ0v) is 9.28. The fraction of sp³-hybridized carbons (Fsp3) is 0. The van der Waals surface area contributed by atoms with Crippen molar-refractivity contribution < 1.29 is 14.1 Å². The Hall–Kier alpha value is -3.08. The second-order valence-corrected chi connectivity index (χ2v) is 3.31. The number of hydrogen-bond acceptors (Lipinski definition) is 6. The minimum absolute atomic E-state index is 0.00690. The second-order valence-electron chi connectivity index (χ2n) is 3.31. The minimum Gasteiger partial charge on any atom is -0.426 e. The largest absolute Gasteiger partial charge is 0.426 e. The molecular weight excluding hydrogens is 255 g/mol. The van der Waals surface area contributed by atoms with E-state index in [0.717, 1.165) is 12.1 Å². The number of nitrogens with zero attached hydrogens (tertiary/aromatic N) is 4. The van der Waals surface area contributed by atoms with E-state index in [0.29, 0.717) is 0 Å². The summed E-state index contributed by atoms with van der Waals surface area (Å²) in [5, 5.41) is 26.6. The number of para-hydroxylation sites is 1. The predicted molar refractivity (Wildman–Crippen MR) is 59.9 cm³/mol. The first kappa shape index (κ1) is 12.4. The average molecular weight is 260 g/mol. The SMILES string of the molecule is N#Cc1ccnnc1Oc1c(F)cccc1[N+](=O)[O-]. The third-order valence-corrected chi connectivity index (χ3v) is 2.15. The molecule has 0 saturated heterocycles. The van der Waals surface area contributed by atoms with Crippen LogP contribution in [0.25, 0.3) is 0 Å². The van der Waals surface area contributed by atoms with Gasteiger partial charge in [0.1, 0.15) is 11.6 Å². The Morgan fingerprint density at radius 3 is 2.89 bits per heavy atom. The number of nitriles is 1. The molecule has 0 spiro atoms. The van der Waals surface area contributed by atoms with Crippen LogP contribution in [0.1, 0.15) is 5.56 Å². The van der Waals surface area contributed by atoms with E-state index in [9.17, 15) is 14.5 Å². The smallest absolute Gasteiger partial charge is 0.314 e. The molecule has 0 aliphatic carbocycles. The molecule has 0 radical (unpaired) electrons. The van der Waals surface area contributed by atoms with Crippen LogP contribution in [-0.2, 0) is 0 Å². The van der Waals surface area contributed by atoms with Crippen LogP contribution in [0.4, 0.5) is 10.1 Å². The van der Waals surface area contributed by atoms with Crippen molar-refractivity contribution in [3.8, 4) is 17.7 Å². The molecule has 2 aromatic rings. The number of aromatic nitrogens is 2. The molecular formula is C11H5FN4O3. The quantitative estimate of drug-likeness (QED) is 0.619. The Balaban J connectivity index is 2.50. The van der Waals surface area contributed by atoms with Gasteiger partial charge >= 0.3 is 5.69 Å². The van der Waals surface area contributed by atoms with Crippen LogP contribution in [0.2, 0.25) is 0 Å². The first-order chi connectivity index (χ1) is 9.13. The van der Waals surface area contributed by atoms with E-state index in [2.05, 4.69) is 10.2 Å². The Bertz CT molecular complexity index is 684. The molecule has 94 valence electrons. The Kier molecular flexibility index (Phi) is 3.29. The topological polar surface area (TPSA) is 102 Å². The van der Waals surface area contributed by atoms with E-state index in [4.69, 9.17) is 10.00 Å². The van der Waals surface area contributed by atoms with Gasteiger partial charge in [-0.1, -0.05) is 6.07 Å². The van der Waals surface area contributed by atoms with Gasteiger partial charge in [-0.05, 0) is 12.1 Å². The van der Waals surface area contributed by atoms with Crippen LogP contribution in [-0.4, -0.2) is 15.1 Å². The number of rotatable bonds is 3. The van der Waals surface area contributed by atoms with E-state index >= 15 is 0 Å². The van der Waals surface area contributed by atoms with Crippen LogP contribution in [0.5, 0.6) is 11.6 Å². The van der Waals surface area contributed by atoms with Gasteiger partial charge < -0.3 is 4.74 Å². The van der Waals surface area contributed by atoms with Crippen molar-refractivity contribution in [1.29, 1.82) is 5.26 Å². The third-order valence-electron chi connectivity index (χ3n) is 2.15. The molecule has 0 N–H and O–H groups in total. The van der Waals surface area contributed by atoms with Gasteiger partial charge in [0.2, 0.25) is 5.75 Å². The lowest BCUT2D eigenvalue weighted by Gasteiger charge is -2.06. The van der Waals surface area contributed by atoms with Crippen molar-refractivity contribution in [2.24, 2.45) is 0 Å². The fourth-order valence-corrected chi connectivity index (χ4v) is 1.32. The molecule has 0 saturated carbocycles. The molecule has 8 heteroatoms. The van der Waals surface area contributed by atoms with E-state index in [1.165, 1.54) is 18.3 Å². The summed E-state index contributed by atoms with van der Waals surface area (Å²) in [6.07, 6.45) is 1.25. The Morgan fingerprint density at radius 2 is 2.21 bits per heavy atom. The molecule has 0 bridgehead atoms. The van der Waals surface area contributed by atoms with Crippen molar-refractivity contribution in [2.75, 3.05) is 0 Å². The maximum Gasteiger partial charge on any atom is 0.314 e. The fourth-order valence-electron chi connectivity index (χ4n) is 1.32. The summed E-state index contributed by atoms with van der Waals surface area (Å²) in [4.78, 5) is 9.99. The molecule has 0 atom stereocenters. The van der Waals surface area contributed by atoms with Gasteiger partial charge in [0.25, 0.3) is 5.88 Å². The monoisotopic (exact) mass is 260 g/mol. The molecule has 0 unspecified atom stereocenters. The van der Waals surface area contributed by atoms with E-state index in [1.54, 1.807) is 6.07 Å². The van der Waals surface area contributed by atoms with E-state index in [1.807, 2.05) is 0 Å². The Morgan fingerprint density at radius 1 is 1.42 bits per heavy atom. The molecule has 0 amide bonds. The zero-order chi connectivity index (χ0) is 13.8. The van der Waals surface area contributed by atoms with Crippen molar-refractivity contribution in [2.45, 2.75) is 0 Å². The van der Waals surface area contributed by atoms with Gasteiger partial charge in [0.15, 0.2) is 5.82 Å². The first-order valence-electron chi connectivity index (χ1n) is 4.96. The molecule has 0 aliphatic rings. The number of benzene rings is 1. The number of nitro groups is 1. The lowest BCUT2D eigenvalue weighted by Crippen LogP contribution is -1.99.